The fourth-order valence-corrected chi connectivity index (χ4v) is 6.91. The Kier molecular flexibility index (Phi) is 14.2. The molecule has 0 unspecified atom stereocenters. The predicted octanol–water partition coefficient (Wildman–Crippen LogP) is 7.36. The van der Waals surface area contributed by atoms with Crippen molar-refractivity contribution in [2.45, 2.75) is 132 Å². The molecule has 1 amide bonds. The quantitative estimate of drug-likeness (QED) is 0.186. The van der Waals surface area contributed by atoms with Crippen LogP contribution in [0.1, 0.15) is 107 Å². The Morgan fingerprint density at radius 1 is 0.603 bits per heavy atom. The molecule has 0 radical (unpaired) electrons. The van der Waals surface area contributed by atoms with Crippen molar-refractivity contribution >= 4 is 46.8 Å². The van der Waals surface area contributed by atoms with Crippen LogP contribution in [0.5, 0.6) is 0 Å². The van der Waals surface area contributed by atoms with E-state index >= 15 is 0 Å². The number of benzene rings is 2. The molecule has 14 heteroatoms. The monoisotopic (exact) mass is 825 g/mol. The molecule has 1 saturated heterocycles. The van der Waals surface area contributed by atoms with E-state index in [1.807, 2.05) is 48.5 Å². The first-order valence-electron chi connectivity index (χ1n) is 19.5. The number of rotatable bonds is 10. The van der Waals surface area contributed by atoms with Gasteiger partial charge in [0.2, 0.25) is 5.12 Å². The summed E-state index contributed by atoms with van der Waals surface area (Å²) in [4.78, 5) is 80.7. The fraction of sp³-hybridized carbons (Fsp3) is 0.591. The Labute approximate surface area is 345 Å². The summed E-state index contributed by atoms with van der Waals surface area (Å²) in [5.41, 5.74) is -1.30. The third-order valence-corrected chi connectivity index (χ3v) is 10.6. The van der Waals surface area contributed by atoms with Crippen LogP contribution < -0.4 is 5.32 Å². The van der Waals surface area contributed by atoms with Crippen molar-refractivity contribution in [3.05, 3.63) is 59.7 Å². The van der Waals surface area contributed by atoms with Crippen LogP contribution >= 0.6 is 11.8 Å². The standard InChI is InChI=1S/C44H59NO12S/c1-24(45-40(51)53-22-29-27-20-16-14-18-25(27)26-19-15-17-21-28(26)29)34(46)58-35-33(57-39(50)44(11,12)13)32(56-38(49)43(8,9)10)31(55-37(48)42(5,6)7)30(54-35)23-52-36(47)41(2,3)4/h14-21,24,29-33,35H,22-23H2,1-13H3,(H,45,51)/t24-,30-,31-,32+,33-,35+/m1/s1. The van der Waals surface area contributed by atoms with Gasteiger partial charge in [0.1, 0.15) is 19.3 Å². The van der Waals surface area contributed by atoms with E-state index in [1.54, 1.807) is 83.1 Å². The highest BCUT2D eigenvalue weighted by molar-refractivity contribution is 8.14. The van der Waals surface area contributed by atoms with Crippen LogP contribution in [0.2, 0.25) is 0 Å². The highest BCUT2D eigenvalue weighted by Gasteiger charge is 2.55. The van der Waals surface area contributed by atoms with Crippen molar-refractivity contribution in [2.24, 2.45) is 21.7 Å². The number of hydrogen-bond donors (Lipinski definition) is 1. The molecule has 0 bridgehead atoms. The molecule has 4 rings (SSSR count). The SMILES string of the molecule is C[C@@H](NC(=O)OCC1c2ccccc2-c2ccccc21)C(=O)S[C@@H]1O[C@H](COC(=O)C(C)(C)C)[C@@H](OC(=O)C(C)(C)C)[C@H](OC(=O)C(C)(C)C)[C@H]1OC(=O)C(C)(C)C. The average Bonchev–Trinajstić information content (AvgIpc) is 3.43. The van der Waals surface area contributed by atoms with Gasteiger partial charge in [0, 0.05) is 5.92 Å². The second-order valence-corrected chi connectivity index (χ2v) is 20.0. The largest absolute Gasteiger partial charge is 0.462 e. The van der Waals surface area contributed by atoms with Gasteiger partial charge in [0.05, 0.1) is 27.7 Å². The molecule has 0 spiro atoms. The molecule has 1 N–H and O–H groups in total. The highest BCUT2D eigenvalue weighted by atomic mass is 32.2. The maximum absolute atomic E-state index is 13.9. The third kappa shape index (κ3) is 11.4. The second kappa shape index (κ2) is 17.8. The van der Waals surface area contributed by atoms with E-state index in [-0.39, 0.29) is 12.5 Å². The van der Waals surface area contributed by atoms with Gasteiger partial charge in [-0.2, -0.15) is 0 Å². The van der Waals surface area contributed by atoms with Crippen molar-refractivity contribution in [1.29, 1.82) is 0 Å². The molecule has 2 aliphatic rings. The van der Waals surface area contributed by atoms with E-state index < -0.39 is 99.2 Å². The molecule has 58 heavy (non-hydrogen) atoms. The van der Waals surface area contributed by atoms with E-state index in [4.69, 9.17) is 28.4 Å². The predicted molar refractivity (Wildman–Crippen MR) is 217 cm³/mol. The first-order chi connectivity index (χ1) is 26.7. The van der Waals surface area contributed by atoms with Gasteiger partial charge in [-0.3, -0.25) is 24.0 Å². The number of amides is 1. The summed E-state index contributed by atoms with van der Waals surface area (Å²) in [5, 5.41) is 1.97. The van der Waals surface area contributed by atoms with E-state index in [2.05, 4.69) is 5.32 Å². The summed E-state index contributed by atoms with van der Waals surface area (Å²) in [6.07, 6.45) is -6.61. The van der Waals surface area contributed by atoms with Crippen LogP contribution in [0, 0.1) is 21.7 Å². The Morgan fingerprint density at radius 3 is 1.50 bits per heavy atom. The van der Waals surface area contributed by atoms with Gasteiger partial charge in [-0.05, 0) is 112 Å². The van der Waals surface area contributed by atoms with Gasteiger partial charge >= 0.3 is 30.0 Å². The Hall–Kier alpha value is -4.43. The molecule has 1 aliphatic carbocycles. The Balaban J connectivity index is 1.63. The zero-order valence-corrected chi connectivity index (χ0v) is 36.7. The van der Waals surface area contributed by atoms with Crippen molar-refractivity contribution in [2.75, 3.05) is 13.2 Å². The fourth-order valence-electron chi connectivity index (χ4n) is 5.88. The zero-order valence-electron chi connectivity index (χ0n) is 35.9. The number of carbonyl (C=O) groups excluding carboxylic acids is 6. The second-order valence-electron chi connectivity index (χ2n) is 18.9. The number of thioether (sulfide) groups is 1. The van der Waals surface area contributed by atoms with Gasteiger partial charge in [-0.25, -0.2) is 4.79 Å². The van der Waals surface area contributed by atoms with E-state index in [0.29, 0.717) is 11.8 Å². The van der Waals surface area contributed by atoms with Gasteiger partial charge in [-0.1, -0.05) is 60.3 Å². The molecule has 0 saturated carbocycles. The molecule has 318 valence electrons. The van der Waals surface area contributed by atoms with Crippen LogP contribution in [0.4, 0.5) is 4.79 Å². The summed E-state index contributed by atoms with van der Waals surface area (Å²) in [6, 6.07) is 14.7. The van der Waals surface area contributed by atoms with Gasteiger partial charge in [0.15, 0.2) is 23.7 Å². The molecular weight excluding hydrogens is 767 g/mol. The number of hydrogen-bond acceptors (Lipinski definition) is 13. The first-order valence-corrected chi connectivity index (χ1v) is 20.4. The van der Waals surface area contributed by atoms with Crippen molar-refractivity contribution in [3.8, 4) is 11.1 Å². The van der Waals surface area contributed by atoms with Crippen LogP contribution in [0.3, 0.4) is 0 Å². The molecule has 0 aromatic heterocycles. The Bertz CT molecular complexity index is 1820. The normalized spacial score (nSPS) is 21.4. The van der Waals surface area contributed by atoms with Crippen molar-refractivity contribution < 1.29 is 57.2 Å². The van der Waals surface area contributed by atoms with E-state index in [1.165, 1.54) is 6.92 Å². The molecule has 1 aliphatic heterocycles. The molecule has 1 heterocycles. The number of carbonyl (C=O) groups is 6. The maximum Gasteiger partial charge on any atom is 0.407 e. The molecule has 13 nitrogen and oxygen atoms in total. The first kappa shape index (κ1) is 46.3. The summed E-state index contributed by atoms with van der Waals surface area (Å²) >= 11 is 0.584. The minimum atomic E-state index is -1.52. The minimum absolute atomic E-state index is 0.0228. The smallest absolute Gasteiger partial charge is 0.407 e. The van der Waals surface area contributed by atoms with Gasteiger partial charge in [0.25, 0.3) is 0 Å². The lowest BCUT2D eigenvalue weighted by Gasteiger charge is -2.45. The summed E-state index contributed by atoms with van der Waals surface area (Å²) in [5.74, 6) is -2.94. The van der Waals surface area contributed by atoms with Crippen LogP contribution in [-0.2, 0) is 52.4 Å². The topological polar surface area (TPSA) is 170 Å². The molecule has 1 fully saturated rings. The third-order valence-electron chi connectivity index (χ3n) is 9.41. The summed E-state index contributed by atoms with van der Waals surface area (Å²) in [6.45, 7) is 20.6. The van der Waals surface area contributed by atoms with Crippen LogP contribution in [0.25, 0.3) is 11.1 Å². The maximum atomic E-state index is 13.9. The van der Waals surface area contributed by atoms with Crippen molar-refractivity contribution in [3.63, 3.8) is 0 Å². The highest BCUT2D eigenvalue weighted by Crippen LogP contribution is 2.44. The summed E-state index contributed by atoms with van der Waals surface area (Å²) < 4.78 is 35.7. The lowest BCUT2D eigenvalue weighted by atomic mass is 9.93. The summed E-state index contributed by atoms with van der Waals surface area (Å²) in [7, 11) is 0. The number of alkyl carbamates (subject to hydrolysis) is 1. The van der Waals surface area contributed by atoms with E-state index in [0.717, 1.165) is 22.3 Å². The molecule has 2 aromatic carbocycles. The van der Waals surface area contributed by atoms with Crippen LogP contribution in [-0.4, -0.2) is 84.2 Å². The number of nitrogens with one attached hydrogen (secondary N) is 1. The molecule has 2 aromatic rings. The zero-order chi connectivity index (χ0) is 43.5. The number of ether oxygens (including phenoxy) is 6. The van der Waals surface area contributed by atoms with Crippen LogP contribution in [0.15, 0.2) is 48.5 Å². The number of fused-ring (bicyclic) bond motifs is 3. The van der Waals surface area contributed by atoms with Crippen molar-refractivity contribution in [1.82, 2.24) is 5.32 Å². The lowest BCUT2D eigenvalue weighted by molar-refractivity contribution is -0.246. The molecular formula is C44H59NO12S. The number of esters is 4. The Morgan fingerprint density at radius 2 is 1.03 bits per heavy atom. The molecule has 6 atom stereocenters. The lowest BCUT2D eigenvalue weighted by Crippen LogP contribution is -2.63. The minimum Gasteiger partial charge on any atom is -0.462 e. The van der Waals surface area contributed by atoms with Gasteiger partial charge < -0.3 is 33.7 Å². The van der Waals surface area contributed by atoms with E-state index in [9.17, 15) is 28.8 Å². The average molecular weight is 826 g/mol. The van der Waals surface area contributed by atoms with Gasteiger partial charge in [-0.15, -0.1) is 0 Å².